The van der Waals surface area contributed by atoms with Crippen molar-refractivity contribution in [3.8, 4) is 6.07 Å². The van der Waals surface area contributed by atoms with Gasteiger partial charge in [-0.2, -0.15) is 5.26 Å². The fourth-order valence-corrected chi connectivity index (χ4v) is 2.35. The van der Waals surface area contributed by atoms with Crippen molar-refractivity contribution < 1.29 is 4.74 Å². The zero-order chi connectivity index (χ0) is 12.5. The number of aromatic nitrogens is 1. The molecule has 2 rings (SSSR count). The van der Waals surface area contributed by atoms with Gasteiger partial charge in [-0.1, -0.05) is 0 Å². The molecule has 1 saturated heterocycles. The summed E-state index contributed by atoms with van der Waals surface area (Å²) in [6, 6.07) is 5.78. The highest BCUT2D eigenvalue weighted by Gasteiger charge is 2.32. The number of rotatable bonds is 1. The Balaban J connectivity index is 2.31. The van der Waals surface area contributed by atoms with Crippen LogP contribution in [0.4, 0.5) is 5.82 Å². The molecule has 1 aromatic rings. The maximum Gasteiger partial charge on any atom is 0.146 e. The molecule has 0 amide bonds. The molecule has 0 saturated carbocycles. The summed E-state index contributed by atoms with van der Waals surface area (Å²) in [7, 11) is 0. The van der Waals surface area contributed by atoms with Crippen molar-refractivity contribution in [2.45, 2.75) is 32.5 Å². The third kappa shape index (κ3) is 2.56. The van der Waals surface area contributed by atoms with Crippen LogP contribution in [0.3, 0.4) is 0 Å². The predicted octanol–water partition coefficient (Wildman–Crippen LogP) is 1.96. The van der Waals surface area contributed by atoms with E-state index in [1.54, 1.807) is 18.3 Å². The van der Waals surface area contributed by atoms with Crippen LogP contribution in [0.2, 0.25) is 0 Å². The van der Waals surface area contributed by atoms with E-state index < -0.39 is 0 Å². The van der Waals surface area contributed by atoms with E-state index in [4.69, 9.17) is 10.00 Å². The molecule has 0 aliphatic carbocycles. The molecule has 0 N–H and O–H groups in total. The van der Waals surface area contributed by atoms with Crippen LogP contribution in [-0.2, 0) is 4.74 Å². The summed E-state index contributed by atoms with van der Waals surface area (Å²) in [5, 5.41) is 9.10. The quantitative estimate of drug-likeness (QED) is 0.741. The summed E-state index contributed by atoms with van der Waals surface area (Å²) in [6.45, 7) is 7.69. The van der Waals surface area contributed by atoms with E-state index in [2.05, 4.69) is 29.8 Å². The van der Waals surface area contributed by atoms with Gasteiger partial charge < -0.3 is 9.64 Å². The second kappa shape index (κ2) is 4.34. The Hall–Kier alpha value is -1.60. The van der Waals surface area contributed by atoms with Crippen molar-refractivity contribution in [1.29, 1.82) is 5.26 Å². The summed E-state index contributed by atoms with van der Waals surface area (Å²) in [6.07, 6.45) is 1.87. The molecule has 1 aliphatic rings. The molecule has 1 fully saturated rings. The Labute approximate surface area is 102 Å². The molecular weight excluding hydrogens is 214 g/mol. The fraction of sp³-hybridized carbons (Fsp3) is 0.538. The second-order valence-electron chi connectivity index (χ2n) is 5.06. The van der Waals surface area contributed by atoms with Gasteiger partial charge >= 0.3 is 0 Å². The van der Waals surface area contributed by atoms with Gasteiger partial charge in [-0.05, 0) is 32.9 Å². The van der Waals surface area contributed by atoms with Crippen molar-refractivity contribution in [3.05, 3.63) is 23.9 Å². The topological polar surface area (TPSA) is 49.2 Å². The standard InChI is InChI=1S/C13H17N3O/c1-10-8-16(9-13(2,3)17-10)12-11(7-14)5-4-6-15-12/h4-6,10H,8-9H2,1-3H3/t10-/m0/s1. The van der Waals surface area contributed by atoms with Crippen molar-refractivity contribution in [2.24, 2.45) is 0 Å². The van der Waals surface area contributed by atoms with E-state index in [9.17, 15) is 0 Å². The number of nitriles is 1. The van der Waals surface area contributed by atoms with Gasteiger partial charge in [0.1, 0.15) is 11.9 Å². The highest BCUT2D eigenvalue weighted by atomic mass is 16.5. The molecule has 2 heterocycles. The van der Waals surface area contributed by atoms with Crippen LogP contribution in [-0.4, -0.2) is 29.8 Å². The lowest BCUT2D eigenvalue weighted by atomic mass is 10.0. The van der Waals surface area contributed by atoms with Gasteiger partial charge in [0.2, 0.25) is 0 Å². The first-order valence-corrected chi connectivity index (χ1v) is 5.80. The van der Waals surface area contributed by atoms with Gasteiger partial charge in [-0.3, -0.25) is 0 Å². The lowest BCUT2D eigenvalue weighted by Gasteiger charge is -2.42. The summed E-state index contributed by atoms with van der Waals surface area (Å²) in [4.78, 5) is 6.45. The maximum atomic E-state index is 9.10. The molecule has 17 heavy (non-hydrogen) atoms. The van der Waals surface area contributed by atoms with Gasteiger partial charge in [0.05, 0.1) is 17.3 Å². The smallest absolute Gasteiger partial charge is 0.146 e. The Bertz CT molecular complexity index is 450. The molecule has 4 nitrogen and oxygen atoms in total. The molecule has 1 aromatic heterocycles. The van der Waals surface area contributed by atoms with E-state index >= 15 is 0 Å². The van der Waals surface area contributed by atoms with Gasteiger partial charge in [-0.15, -0.1) is 0 Å². The number of nitrogens with zero attached hydrogens (tertiary/aromatic N) is 3. The Morgan fingerprint density at radius 2 is 2.35 bits per heavy atom. The zero-order valence-corrected chi connectivity index (χ0v) is 10.5. The first-order chi connectivity index (χ1) is 8.02. The van der Waals surface area contributed by atoms with Crippen LogP contribution >= 0.6 is 0 Å². The average molecular weight is 231 g/mol. The van der Waals surface area contributed by atoms with Gasteiger partial charge in [0.15, 0.2) is 0 Å². The van der Waals surface area contributed by atoms with Crippen LogP contribution in [0.1, 0.15) is 26.3 Å². The Morgan fingerprint density at radius 1 is 1.59 bits per heavy atom. The highest BCUT2D eigenvalue weighted by molar-refractivity contribution is 5.54. The predicted molar refractivity (Wildman–Crippen MR) is 65.8 cm³/mol. The van der Waals surface area contributed by atoms with Gasteiger partial charge in [0.25, 0.3) is 0 Å². The van der Waals surface area contributed by atoms with Crippen LogP contribution in [0.15, 0.2) is 18.3 Å². The monoisotopic (exact) mass is 231 g/mol. The molecule has 0 aromatic carbocycles. The van der Waals surface area contributed by atoms with Crippen LogP contribution in [0, 0.1) is 11.3 Å². The molecule has 1 aliphatic heterocycles. The number of morpholine rings is 1. The van der Waals surface area contributed by atoms with Crippen molar-refractivity contribution in [2.75, 3.05) is 18.0 Å². The molecule has 4 heteroatoms. The number of anilines is 1. The van der Waals surface area contributed by atoms with Crippen LogP contribution in [0.25, 0.3) is 0 Å². The number of pyridine rings is 1. The summed E-state index contributed by atoms with van der Waals surface area (Å²) < 4.78 is 5.85. The third-order valence-corrected chi connectivity index (χ3v) is 2.78. The van der Waals surface area contributed by atoms with E-state index in [-0.39, 0.29) is 11.7 Å². The molecule has 0 bridgehead atoms. The molecular formula is C13H17N3O. The molecule has 0 spiro atoms. The van der Waals surface area contributed by atoms with Gasteiger partial charge in [-0.25, -0.2) is 4.98 Å². The lowest BCUT2D eigenvalue weighted by Crippen LogP contribution is -2.52. The summed E-state index contributed by atoms with van der Waals surface area (Å²) in [5.74, 6) is 0.762. The first-order valence-electron chi connectivity index (χ1n) is 5.80. The second-order valence-corrected chi connectivity index (χ2v) is 5.06. The minimum atomic E-state index is -0.206. The number of hydrogen-bond donors (Lipinski definition) is 0. The Kier molecular flexibility index (Phi) is 3.03. The summed E-state index contributed by atoms with van der Waals surface area (Å²) in [5.41, 5.74) is 0.416. The normalized spacial score (nSPS) is 23.2. The first kappa shape index (κ1) is 11.9. The molecule has 1 atom stereocenters. The third-order valence-electron chi connectivity index (χ3n) is 2.78. The van der Waals surface area contributed by atoms with Crippen LogP contribution in [0.5, 0.6) is 0 Å². The lowest BCUT2D eigenvalue weighted by molar-refractivity contribution is -0.0751. The Morgan fingerprint density at radius 3 is 3.00 bits per heavy atom. The maximum absolute atomic E-state index is 9.10. The van der Waals surface area contributed by atoms with Crippen molar-refractivity contribution in [3.63, 3.8) is 0 Å². The van der Waals surface area contributed by atoms with E-state index in [0.29, 0.717) is 5.56 Å². The van der Waals surface area contributed by atoms with Crippen LogP contribution < -0.4 is 4.90 Å². The SMILES string of the molecule is C[C@H]1CN(c2ncccc2C#N)CC(C)(C)O1. The van der Waals surface area contributed by atoms with Crippen molar-refractivity contribution in [1.82, 2.24) is 4.98 Å². The van der Waals surface area contributed by atoms with Crippen molar-refractivity contribution >= 4 is 5.82 Å². The zero-order valence-electron chi connectivity index (χ0n) is 10.5. The molecule has 90 valence electrons. The minimum absolute atomic E-state index is 0.146. The largest absolute Gasteiger partial charge is 0.369 e. The molecule has 0 unspecified atom stereocenters. The highest BCUT2D eigenvalue weighted by Crippen LogP contribution is 2.26. The van der Waals surface area contributed by atoms with Gasteiger partial charge in [0, 0.05) is 19.3 Å². The van der Waals surface area contributed by atoms with E-state index in [1.807, 2.05) is 6.92 Å². The number of hydrogen-bond acceptors (Lipinski definition) is 4. The van der Waals surface area contributed by atoms with E-state index in [1.165, 1.54) is 0 Å². The van der Waals surface area contributed by atoms with E-state index in [0.717, 1.165) is 18.9 Å². The molecule has 0 radical (unpaired) electrons. The summed E-state index contributed by atoms with van der Waals surface area (Å²) >= 11 is 0. The minimum Gasteiger partial charge on any atom is -0.369 e. The number of ether oxygens (including phenoxy) is 1. The fourth-order valence-electron chi connectivity index (χ4n) is 2.35. The average Bonchev–Trinajstić information content (AvgIpc) is 2.26.